The number of carbonyl (C=O) groups is 1. The van der Waals surface area contributed by atoms with Gasteiger partial charge >= 0.3 is 5.97 Å². The molecule has 0 saturated carbocycles. The fourth-order valence-corrected chi connectivity index (χ4v) is 2.51. The third-order valence-corrected chi connectivity index (χ3v) is 3.49. The summed E-state index contributed by atoms with van der Waals surface area (Å²) in [4.78, 5) is 11.5. The molecule has 0 bridgehead atoms. The van der Waals surface area contributed by atoms with E-state index in [4.69, 9.17) is 14.2 Å². The van der Waals surface area contributed by atoms with Crippen LogP contribution in [0.25, 0.3) is 0 Å². The van der Waals surface area contributed by atoms with Crippen molar-refractivity contribution in [2.24, 2.45) is 0 Å². The van der Waals surface area contributed by atoms with Gasteiger partial charge < -0.3 is 19.3 Å². The minimum Gasteiger partial charge on any atom is -0.478 e. The fraction of sp³-hybridized carbons (Fsp3) is 0.267. The molecule has 0 unspecified atom stereocenters. The van der Waals surface area contributed by atoms with E-state index >= 15 is 0 Å². The first-order chi connectivity index (χ1) is 9.70. The van der Waals surface area contributed by atoms with Crippen LogP contribution in [0, 0.1) is 0 Å². The molecule has 0 radical (unpaired) electrons. The van der Waals surface area contributed by atoms with Gasteiger partial charge in [-0.25, -0.2) is 4.79 Å². The molecule has 1 N–H and O–H groups in total. The molecule has 1 aromatic rings. The number of ether oxygens (including phenoxy) is 3. The van der Waals surface area contributed by atoms with Gasteiger partial charge in [0.2, 0.25) is 6.79 Å². The van der Waals surface area contributed by atoms with E-state index in [1.165, 1.54) is 6.07 Å². The Labute approximate surface area is 116 Å². The molecule has 3 rings (SSSR count). The summed E-state index contributed by atoms with van der Waals surface area (Å²) in [5.41, 5.74) is 0.871. The van der Waals surface area contributed by atoms with Crippen LogP contribution in [-0.4, -0.2) is 31.1 Å². The Kier molecular flexibility index (Phi) is 3.20. The van der Waals surface area contributed by atoms with Crippen molar-refractivity contribution in [3.8, 4) is 11.5 Å². The highest BCUT2D eigenvalue weighted by molar-refractivity contribution is 5.91. The van der Waals surface area contributed by atoms with Crippen molar-refractivity contribution in [3.05, 3.63) is 47.6 Å². The number of fused-ring (bicyclic) bond motifs is 1. The maximum absolute atomic E-state index is 11.5. The van der Waals surface area contributed by atoms with Crippen molar-refractivity contribution in [2.75, 3.05) is 13.9 Å². The quantitative estimate of drug-likeness (QED) is 0.916. The maximum atomic E-state index is 11.5. The first kappa shape index (κ1) is 12.7. The molecular formula is C15H14O5. The van der Waals surface area contributed by atoms with Gasteiger partial charge in [0.05, 0.1) is 11.7 Å². The van der Waals surface area contributed by atoms with E-state index in [0.29, 0.717) is 17.1 Å². The Hall–Kier alpha value is -2.27. The number of carboxylic acids is 1. The number of allylic oxidation sites excluding steroid dienone is 2. The SMILES string of the molecule is CO[C@H]1C=CC=C[C@@H]1c1cc2c(cc1C(=O)O)OCO2. The molecule has 5 heteroatoms. The van der Waals surface area contributed by atoms with Crippen LogP contribution in [0.3, 0.4) is 0 Å². The summed E-state index contributed by atoms with van der Waals surface area (Å²) >= 11 is 0. The van der Waals surface area contributed by atoms with E-state index in [1.807, 2.05) is 24.3 Å². The highest BCUT2D eigenvalue weighted by Crippen LogP contribution is 2.39. The summed E-state index contributed by atoms with van der Waals surface area (Å²) in [5, 5.41) is 9.41. The molecule has 0 amide bonds. The van der Waals surface area contributed by atoms with Crippen molar-refractivity contribution >= 4 is 5.97 Å². The van der Waals surface area contributed by atoms with Gasteiger partial charge in [-0.1, -0.05) is 24.3 Å². The van der Waals surface area contributed by atoms with Crippen molar-refractivity contribution < 1.29 is 24.1 Å². The molecule has 104 valence electrons. The van der Waals surface area contributed by atoms with Gasteiger partial charge in [0.1, 0.15) is 0 Å². The summed E-state index contributed by atoms with van der Waals surface area (Å²) in [6, 6.07) is 3.24. The number of methoxy groups -OCH3 is 1. The predicted molar refractivity (Wildman–Crippen MR) is 71.3 cm³/mol. The molecule has 1 aromatic carbocycles. The number of hydrogen-bond acceptors (Lipinski definition) is 4. The molecule has 5 nitrogen and oxygen atoms in total. The Morgan fingerprint density at radius 3 is 2.65 bits per heavy atom. The van der Waals surface area contributed by atoms with Gasteiger partial charge in [-0.2, -0.15) is 0 Å². The molecule has 0 saturated heterocycles. The average molecular weight is 274 g/mol. The lowest BCUT2D eigenvalue weighted by molar-refractivity contribution is 0.0692. The molecule has 2 atom stereocenters. The summed E-state index contributed by atoms with van der Waals surface area (Å²) in [6.45, 7) is 0.117. The van der Waals surface area contributed by atoms with E-state index in [0.717, 1.165) is 0 Å². The topological polar surface area (TPSA) is 65.0 Å². The van der Waals surface area contributed by atoms with Crippen molar-refractivity contribution in [2.45, 2.75) is 12.0 Å². The molecule has 2 aliphatic rings. The number of hydrogen-bond donors (Lipinski definition) is 1. The summed E-state index contributed by atoms with van der Waals surface area (Å²) in [6.07, 6.45) is 7.41. The molecule has 1 aliphatic carbocycles. The van der Waals surface area contributed by atoms with E-state index in [9.17, 15) is 9.90 Å². The predicted octanol–water partition coefficient (Wildman–Crippen LogP) is 2.34. The molecular weight excluding hydrogens is 260 g/mol. The lowest BCUT2D eigenvalue weighted by atomic mass is 9.86. The summed E-state index contributed by atoms with van der Waals surface area (Å²) < 4.78 is 16.0. The van der Waals surface area contributed by atoms with Gasteiger partial charge in [-0.3, -0.25) is 0 Å². The maximum Gasteiger partial charge on any atom is 0.336 e. The minimum absolute atomic E-state index is 0.117. The highest BCUT2D eigenvalue weighted by Gasteiger charge is 2.28. The standard InChI is InChI=1S/C15H14O5/c1-18-12-5-3-2-4-9(12)10-6-13-14(20-8-19-13)7-11(10)15(16)17/h2-7,9,12H,8H2,1H3,(H,16,17)/t9-,12+/m1/s1. The van der Waals surface area contributed by atoms with Crippen molar-refractivity contribution in [3.63, 3.8) is 0 Å². The van der Waals surface area contributed by atoms with Crippen LogP contribution in [0.1, 0.15) is 21.8 Å². The second kappa shape index (κ2) is 5.02. The Morgan fingerprint density at radius 1 is 1.25 bits per heavy atom. The van der Waals surface area contributed by atoms with Gasteiger partial charge in [-0.15, -0.1) is 0 Å². The average Bonchev–Trinajstić information content (AvgIpc) is 2.93. The summed E-state index contributed by atoms with van der Waals surface area (Å²) in [5.74, 6) is -0.111. The molecule has 0 fully saturated rings. The third kappa shape index (κ3) is 2.06. The van der Waals surface area contributed by atoms with Crippen LogP contribution < -0.4 is 9.47 Å². The normalized spacial score (nSPS) is 23.1. The van der Waals surface area contributed by atoms with Crippen LogP contribution in [0.5, 0.6) is 11.5 Å². The number of aromatic carboxylic acids is 1. The zero-order valence-corrected chi connectivity index (χ0v) is 10.9. The van der Waals surface area contributed by atoms with Crippen LogP contribution >= 0.6 is 0 Å². The second-order valence-corrected chi connectivity index (χ2v) is 4.59. The van der Waals surface area contributed by atoms with Gasteiger partial charge in [0, 0.05) is 13.0 Å². The van der Waals surface area contributed by atoms with Gasteiger partial charge in [-0.05, 0) is 17.7 Å². The van der Waals surface area contributed by atoms with Crippen LogP contribution in [0.15, 0.2) is 36.4 Å². The highest BCUT2D eigenvalue weighted by atomic mass is 16.7. The first-order valence-electron chi connectivity index (χ1n) is 6.25. The zero-order valence-electron chi connectivity index (χ0n) is 10.9. The van der Waals surface area contributed by atoms with E-state index in [-0.39, 0.29) is 24.4 Å². The molecule has 20 heavy (non-hydrogen) atoms. The van der Waals surface area contributed by atoms with Crippen LogP contribution in [0.4, 0.5) is 0 Å². The first-order valence-corrected chi connectivity index (χ1v) is 6.25. The number of rotatable bonds is 3. The molecule has 0 aromatic heterocycles. The number of carboxylic acid groups (broad SMARTS) is 1. The van der Waals surface area contributed by atoms with Crippen LogP contribution in [-0.2, 0) is 4.74 Å². The zero-order chi connectivity index (χ0) is 14.1. The molecule has 0 spiro atoms. The van der Waals surface area contributed by atoms with Crippen molar-refractivity contribution in [1.29, 1.82) is 0 Å². The lowest BCUT2D eigenvalue weighted by Crippen LogP contribution is -2.21. The fourth-order valence-electron chi connectivity index (χ4n) is 2.51. The number of benzene rings is 1. The Morgan fingerprint density at radius 2 is 1.95 bits per heavy atom. The molecule has 1 aliphatic heterocycles. The van der Waals surface area contributed by atoms with Crippen molar-refractivity contribution in [1.82, 2.24) is 0 Å². The van der Waals surface area contributed by atoms with Crippen LogP contribution in [0.2, 0.25) is 0 Å². The second-order valence-electron chi connectivity index (χ2n) is 4.59. The monoisotopic (exact) mass is 274 g/mol. The molecule has 1 heterocycles. The summed E-state index contributed by atoms with van der Waals surface area (Å²) in [7, 11) is 1.61. The van der Waals surface area contributed by atoms with Gasteiger partial charge in [0.25, 0.3) is 0 Å². The van der Waals surface area contributed by atoms with Gasteiger partial charge in [0.15, 0.2) is 11.5 Å². The van der Waals surface area contributed by atoms with E-state index in [1.54, 1.807) is 13.2 Å². The Bertz CT molecular complexity index is 603. The van der Waals surface area contributed by atoms with E-state index in [2.05, 4.69) is 0 Å². The largest absolute Gasteiger partial charge is 0.478 e. The van der Waals surface area contributed by atoms with E-state index < -0.39 is 5.97 Å². The smallest absolute Gasteiger partial charge is 0.336 e. The minimum atomic E-state index is -0.990. The third-order valence-electron chi connectivity index (χ3n) is 3.49. The lowest BCUT2D eigenvalue weighted by Gasteiger charge is -2.24. The Balaban J connectivity index is 2.10.